The smallest absolute Gasteiger partial charge is 0.410 e. The maximum atomic E-state index is 12.6. The van der Waals surface area contributed by atoms with Crippen LogP contribution in [0.25, 0.3) is 0 Å². The number of piperazine rings is 1. The lowest BCUT2D eigenvalue weighted by Crippen LogP contribution is -2.49. The largest absolute Gasteiger partial charge is 0.415 e. The van der Waals surface area contributed by atoms with Crippen LogP contribution in [0.2, 0.25) is 0 Å². The van der Waals surface area contributed by atoms with Crippen LogP contribution in [0, 0.1) is 6.92 Å². The molecular weight excluding hydrogens is 434 g/mol. The molecule has 8 heteroatoms. The van der Waals surface area contributed by atoms with Crippen molar-refractivity contribution < 1.29 is 9.53 Å². The molecule has 1 aliphatic rings. The predicted molar refractivity (Wildman–Crippen MR) is 132 cm³/mol. The monoisotopic (exact) mass is 465 g/mol. The Hall–Kier alpha value is -2.84. The van der Waals surface area contributed by atoms with E-state index in [0.29, 0.717) is 18.8 Å². The van der Waals surface area contributed by atoms with Gasteiger partial charge < -0.3 is 14.2 Å². The topological polar surface area (TPSA) is 63.5 Å². The molecule has 33 heavy (non-hydrogen) atoms. The average Bonchev–Trinajstić information content (AvgIpc) is 3.25. The zero-order valence-electron chi connectivity index (χ0n) is 19.2. The second-order valence-electron chi connectivity index (χ2n) is 8.44. The number of aromatic nitrogens is 3. The van der Waals surface area contributed by atoms with Crippen molar-refractivity contribution in [3.63, 3.8) is 0 Å². The van der Waals surface area contributed by atoms with Crippen LogP contribution in [-0.4, -0.2) is 63.2 Å². The second kappa shape index (κ2) is 10.9. The van der Waals surface area contributed by atoms with Crippen LogP contribution in [0.4, 0.5) is 4.79 Å². The number of hydrogen-bond acceptors (Lipinski definition) is 6. The summed E-state index contributed by atoms with van der Waals surface area (Å²) >= 11 is 4.68. The van der Waals surface area contributed by atoms with Crippen molar-refractivity contribution in [2.75, 3.05) is 32.7 Å². The number of thiol groups is 1. The van der Waals surface area contributed by atoms with Gasteiger partial charge in [-0.05, 0) is 56.1 Å². The lowest BCUT2D eigenvalue weighted by molar-refractivity contribution is 0.110. The summed E-state index contributed by atoms with van der Waals surface area (Å²) in [5.41, 5.74) is 3.21. The highest BCUT2D eigenvalue weighted by molar-refractivity contribution is 7.80. The third-order valence-electron chi connectivity index (χ3n) is 5.99. The van der Waals surface area contributed by atoms with Gasteiger partial charge in [0.15, 0.2) is 0 Å². The first kappa shape index (κ1) is 23.3. The number of nitrogens with zero attached hydrogens (tertiary/aromatic N) is 5. The first-order valence-corrected chi connectivity index (χ1v) is 11.9. The summed E-state index contributed by atoms with van der Waals surface area (Å²) in [4.78, 5) is 25.7. The first-order chi connectivity index (χ1) is 16.0. The maximum Gasteiger partial charge on any atom is 0.415 e. The number of carbonyl (C=O) groups excluding carboxylic acids is 1. The number of hydrogen-bond donors (Lipinski definition) is 1. The fourth-order valence-electron chi connectivity index (χ4n) is 4.05. The molecule has 7 nitrogen and oxygen atoms in total. The molecule has 174 valence electrons. The van der Waals surface area contributed by atoms with E-state index in [1.54, 1.807) is 11.1 Å². The summed E-state index contributed by atoms with van der Waals surface area (Å²) in [5.74, 6) is 1.41. The Bertz CT molecular complexity index is 1060. The molecule has 1 saturated heterocycles. The van der Waals surface area contributed by atoms with E-state index in [1.807, 2.05) is 55.1 Å². The molecular formula is C25H31N5O2S. The third-order valence-corrected chi connectivity index (χ3v) is 6.52. The molecule has 1 atom stereocenters. The lowest BCUT2D eigenvalue weighted by atomic mass is 10.1. The zero-order chi connectivity index (χ0) is 23.2. The molecule has 0 bridgehead atoms. The fraction of sp³-hybridized carbons (Fsp3) is 0.400. The van der Waals surface area contributed by atoms with Gasteiger partial charge in [-0.3, -0.25) is 9.88 Å². The maximum absolute atomic E-state index is 12.6. The van der Waals surface area contributed by atoms with E-state index < -0.39 is 0 Å². The standard InChI is InChI=1S/C25H31N5O2S/c1-19-5-3-6-21(27-19)7-4-13-29-15-17-30(18-16-29)25(31)32-22-10-8-20(9-11-22)23(33)24-26-12-14-28(24)2/h3,5-6,8-12,14,23,33H,4,7,13,15-18H2,1-2H3. The van der Waals surface area contributed by atoms with Gasteiger partial charge in [-0.25, -0.2) is 9.78 Å². The van der Waals surface area contributed by atoms with Crippen molar-refractivity contribution in [2.45, 2.75) is 25.0 Å². The normalized spacial score (nSPS) is 15.4. The van der Waals surface area contributed by atoms with E-state index in [4.69, 9.17) is 4.74 Å². The van der Waals surface area contributed by atoms with Crippen LogP contribution < -0.4 is 4.74 Å². The van der Waals surface area contributed by atoms with Gasteiger partial charge in [-0.15, -0.1) is 0 Å². The highest BCUT2D eigenvalue weighted by Crippen LogP contribution is 2.28. The van der Waals surface area contributed by atoms with Gasteiger partial charge >= 0.3 is 6.09 Å². The number of ether oxygens (including phenoxy) is 1. The van der Waals surface area contributed by atoms with Gasteiger partial charge in [-0.1, -0.05) is 18.2 Å². The molecule has 1 unspecified atom stereocenters. The fourth-order valence-corrected chi connectivity index (χ4v) is 4.47. The van der Waals surface area contributed by atoms with Crippen molar-refractivity contribution in [2.24, 2.45) is 7.05 Å². The van der Waals surface area contributed by atoms with E-state index in [9.17, 15) is 4.79 Å². The van der Waals surface area contributed by atoms with Gasteiger partial charge in [0.2, 0.25) is 0 Å². The third kappa shape index (κ3) is 6.15. The van der Waals surface area contributed by atoms with E-state index >= 15 is 0 Å². The second-order valence-corrected chi connectivity index (χ2v) is 8.95. The summed E-state index contributed by atoms with van der Waals surface area (Å²) in [5, 5.41) is -0.135. The molecule has 4 rings (SSSR count). The predicted octanol–water partition coefficient (Wildman–Crippen LogP) is 3.89. The average molecular weight is 466 g/mol. The molecule has 3 aromatic rings. The lowest BCUT2D eigenvalue weighted by Gasteiger charge is -2.34. The highest BCUT2D eigenvalue weighted by atomic mass is 32.1. The number of benzene rings is 1. The minimum absolute atomic E-state index is 0.135. The van der Waals surface area contributed by atoms with Crippen molar-refractivity contribution in [3.8, 4) is 5.75 Å². The molecule has 1 aliphatic heterocycles. The highest BCUT2D eigenvalue weighted by Gasteiger charge is 2.22. The number of aryl methyl sites for hydroxylation is 3. The summed E-state index contributed by atoms with van der Waals surface area (Å²) in [6.45, 7) is 6.12. The first-order valence-electron chi connectivity index (χ1n) is 11.4. The van der Waals surface area contributed by atoms with Gasteiger partial charge in [0.25, 0.3) is 0 Å². The number of rotatable bonds is 7. The molecule has 0 N–H and O–H groups in total. The molecule has 2 aromatic heterocycles. The van der Waals surface area contributed by atoms with Crippen molar-refractivity contribution in [1.82, 2.24) is 24.3 Å². The molecule has 3 heterocycles. The van der Waals surface area contributed by atoms with Crippen LogP contribution in [0.15, 0.2) is 54.9 Å². The van der Waals surface area contributed by atoms with Crippen LogP contribution in [0.3, 0.4) is 0 Å². The Morgan fingerprint density at radius 2 is 1.88 bits per heavy atom. The summed E-state index contributed by atoms with van der Waals surface area (Å²) < 4.78 is 7.55. The Morgan fingerprint density at radius 1 is 1.12 bits per heavy atom. The molecule has 1 aromatic carbocycles. The van der Waals surface area contributed by atoms with E-state index in [0.717, 1.165) is 55.3 Å². The Kier molecular flexibility index (Phi) is 7.67. The van der Waals surface area contributed by atoms with Crippen molar-refractivity contribution >= 4 is 18.7 Å². The molecule has 0 saturated carbocycles. The summed E-state index contributed by atoms with van der Waals surface area (Å²) in [6.07, 6.45) is 5.41. The summed E-state index contributed by atoms with van der Waals surface area (Å²) in [7, 11) is 1.95. The molecule has 1 fully saturated rings. The number of amides is 1. The van der Waals surface area contributed by atoms with Crippen molar-refractivity contribution in [1.29, 1.82) is 0 Å². The van der Waals surface area contributed by atoms with Gasteiger partial charge in [-0.2, -0.15) is 12.6 Å². The van der Waals surface area contributed by atoms with Gasteiger partial charge in [0.05, 0.1) is 5.25 Å². The van der Waals surface area contributed by atoms with E-state index in [2.05, 4.69) is 39.6 Å². The number of imidazole rings is 1. The zero-order valence-corrected chi connectivity index (χ0v) is 20.1. The Labute approximate surface area is 200 Å². The summed E-state index contributed by atoms with van der Waals surface area (Å²) in [6, 6.07) is 13.7. The van der Waals surface area contributed by atoms with Crippen LogP contribution in [0.5, 0.6) is 5.75 Å². The van der Waals surface area contributed by atoms with E-state index in [1.165, 1.54) is 0 Å². The number of pyridine rings is 1. The quantitative estimate of drug-likeness (QED) is 0.537. The van der Waals surface area contributed by atoms with Gasteiger partial charge in [0.1, 0.15) is 11.6 Å². The molecule has 0 aliphatic carbocycles. The molecule has 1 amide bonds. The minimum atomic E-state index is -0.294. The minimum Gasteiger partial charge on any atom is -0.410 e. The molecule has 0 spiro atoms. The Morgan fingerprint density at radius 3 is 2.55 bits per heavy atom. The Balaban J connectivity index is 1.21. The van der Waals surface area contributed by atoms with Crippen LogP contribution >= 0.6 is 12.6 Å². The number of carbonyl (C=O) groups is 1. The van der Waals surface area contributed by atoms with Crippen LogP contribution in [-0.2, 0) is 13.5 Å². The van der Waals surface area contributed by atoms with Gasteiger partial charge in [0, 0.05) is 57.0 Å². The van der Waals surface area contributed by atoms with Crippen LogP contribution in [0.1, 0.15) is 34.4 Å². The van der Waals surface area contributed by atoms with Crippen molar-refractivity contribution in [3.05, 3.63) is 77.6 Å². The SMILES string of the molecule is Cc1cccc(CCCN2CCN(C(=O)Oc3ccc(C(S)c4nccn4C)cc3)CC2)n1. The van der Waals surface area contributed by atoms with E-state index in [-0.39, 0.29) is 11.3 Å². The molecule has 0 radical (unpaired) electrons.